The molecule has 1 saturated carbocycles. The van der Waals surface area contributed by atoms with E-state index in [1.54, 1.807) is 6.92 Å². The molecule has 2 N–H and O–H groups in total. The van der Waals surface area contributed by atoms with E-state index in [1.165, 1.54) is 0 Å². The van der Waals surface area contributed by atoms with Crippen LogP contribution in [0.3, 0.4) is 0 Å². The molecule has 1 aliphatic rings. The number of amides is 1. The second-order valence-electron chi connectivity index (χ2n) is 3.04. The molecule has 0 bridgehead atoms. The van der Waals surface area contributed by atoms with Crippen LogP contribution in [-0.2, 0) is 4.79 Å². The number of carbonyl (C=O) groups is 1. The number of rotatable bonds is 3. The first-order chi connectivity index (χ1) is 5.09. The van der Waals surface area contributed by atoms with Gasteiger partial charge in [-0.1, -0.05) is 0 Å². The van der Waals surface area contributed by atoms with Crippen molar-refractivity contribution in [2.24, 2.45) is 0 Å². The van der Waals surface area contributed by atoms with Gasteiger partial charge >= 0.3 is 0 Å². The van der Waals surface area contributed by atoms with Crippen LogP contribution < -0.4 is 5.32 Å². The molecule has 0 spiro atoms. The molecule has 0 aliphatic heterocycles. The molecule has 4 heteroatoms. The van der Waals surface area contributed by atoms with Crippen LogP contribution in [0.15, 0.2) is 0 Å². The molecule has 3 nitrogen and oxygen atoms in total. The smallest absolute Gasteiger partial charge is 0.238 e. The van der Waals surface area contributed by atoms with E-state index in [0.717, 1.165) is 12.8 Å². The van der Waals surface area contributed by atoms with Crippen molar-refractivity contribution in [1.29, 1.82) is 0 Å². The first-order valence-corrected chi connectivity index (χ1v) is 4.10. The Balaban J connectivity index is 2.36. The van der Waals surface area contributed by atoms with Crippen molar-refractivity contribution >= 4 is 17.5 Å². The molecule has 1 rings (SSSR count). The Labute approximate surface area is 70.7 Å². The molecule has 0 aromatic rings. The number of aliphatic hydroxyl groups is 1. The number of nitrogens with one attached hydrogen (secondary N) is 1. The zero-order valence-electron chi connectivity index (χ0n) is 6.43. The summed E-state index contributed by atoms with van der Waals surface area (Å²) in [7, 11) is 0. The molecule has 0 radical (unpaired) electrons. The molecule has 0 aromatic heterocycles. The highest BCUT2D eigenvalue weighted by Gasteiger charge is 2.43. The fourth-order valence-electron chi connectivity index (χ4n) is 0.834. The normalized spacial score (nSPS) is 22.5. The molecule has 0 aromatic carbocycles. The zero-order chi connectivity index (χ0) is 8.48. The Morgan fingerprint density at radius 1 is 1.82 bits per heavy atom. The van der Waals surface area contributed by atoms with E-state index in [0.29, 0.717) is 0 Å². The topological polar surface area (TPSA) is 49.3 Å². The van der Waals surface area contributed by atoms with Crippen molar-refractivity contribution in [2.45, 2.75) is 30.7 Å². The van der Waals surface area contributed by atoms with E-state index >= 15 is 0 Å². The number of alkyl halides is 1. The summed E-state index contributed by atoms with van der Waals surface area (Å²) in [6.07, 6.45) is 1.72. The summed E-state index contributed by atoms with van der Waals surface area (Å²) >= 11 is 5.53. The number of aliphatic hydroxyl groups excluding tert-OH is 1. The van der Waals surface area contributed by atoms with E-state index in [2.05, 4.69) is 5.32 Å². The maximum Gasteiger partial charge on any atom is 0.238 e. The van der Waals surface area contributed by atoms with Gasteiger partial charge in [0.25, 0.3) is 0 Å². The Morgan fingerprint density at radius 3 is 2.64 bits per heavy atom. The minimum Gasteiger partial charge on any atom is -0.394 e. The van der Waals surface area contributed by atoms with Crippen molar-refractivity contribution in [1.82, 2.24) is 5.32 Å². The predicted molar refractivity (Wildman–Crippen MR) is 42.5 cm³/mol. The van der Waals surface area contributed by atoms with E-state index in [1.807, 2.05) is 0 Å². The highest BCUT2D eigenvalue weighted by Crippen LogP contribution is 2.34. The van der Waals surface area contributed by atoms with Gasteiger partial charge in [0.15, 0.2) is 0 Å². The minimum atomic E-state index is -0.515. The summed E-state index contributed by atoms with van der Waals surface area (Å²) in [6, 6.07) is 0. The van der Waals surface area contributed by atoms with Crippen LogP contribution in [0.5, 0.6) is 0 Å². The van der Waals surface area contributed by atoms with Crippen molar-refractivity contribution < 1.29 is 9.90 Å². The van der Waals surface area contributed by atoms with Crippen LogP contribution in [0.2, 0.25) is 0 Å². The van der Waals surface area contributed by atoms with Crippen LogP contribution in [0.1, 0.15) is 19.8 Å². The number of carbonyl (C=O) groups excluding carboxylic acids is 1. The van der Waals surface area contributed by atoms with E-state index in [4.69, 9.17) is 16.7 Å². The van der Waals surface area contributed by atoms with Crippen LogP contribution >= 0.6 is 11.6 Å². The summed E-state index contributed by atoms with van der Waals surface area (Å²) in [5.74, 6) is -0.196. The summed E-state index contributed by atoms with van der Waals surface area (Å²) in [4.78, 5) is 11.0. The van der Waals surface area contributed by atoms with Crippen LogP contribution in [-0.4, -0.2) is 28.5 Å². The third kappa shape index (κ3) is 2.07. The van der Waals surface area contributed by atoms with E-state index in [9.17, 15) is 4.79 Å². The van der Waals surface area contributed by atoms with Crippen molar-refractivity contribution in [3.8, 4) is 0 Å². The molecule has 64 valence electrons. The maximum atomic E-state index is 11.0. The Bertz CT molecular complexity index is 166. The second kappa shape index (κ2) is 2.99. The molecular weight excluding hydrogens is 166 g/mol. The largest absolute Gasteiger partial charge is 0.394 e. The lowest BCUT2D eigenvalue weighted by atomic mass is 10.3. The molecule has 0 heterocycles. The lowest BCUT2D eigenvalue weighted by molar-refractivity contribution is -0.121. The summed E-state index contributed by atoms with van der Waals surface area (Å²) in [5.41, 5.74) is -0.333. The van der Waals surface area contributed by atoms with Gasteiger partial charge in [0, 0.05) is 0 Å². The average molecular weight is 178 g/mol. The van der Waals surface area contributed by atoms with Gasteiger partial charge in [0.05, 0.1) is 12.1 Å². The minimum absolute atomic E-state index is 0.0162. The van der Waals surface area contributed by atoms with Gasteiger partial charge in [0.1, 0.15) is 5.38 Å². The Morgan fingerprint density at radius 2 is 2.36 bits per heavy atom. The molecular formula is C7H12ClNO2. The lowest BCUT2D eigenvalue weighted by Gasteiger charge is -2.14. The summed E-state index contributed by atoms with van der Waals surface area (Å²) in [5, 5.41) is 11.0. The molecule has 1 aliphatic carbocycles. The van der Waals surface area contributed by atoms with Gasteiger partial charge < -0.3 is 10.4 Å². The SMILES string of the molecule is CC(Cl)C(=O)NC1(CO)CC1. The fraction of sp³-hybridized carbons (Fsp3) is 0.857. The molecule has 1 fully saturated rings. The molecule has 11 heavy (non-hydrogen) atoms. The van der Waals surface area contributed by atoms with Crippen molar-refractivity contribution in [3.63, 3.8) is 0 Å². The van der Waals surface area contributed by atoms with Gasteiger partial charge in [-0.25, -0.2) is 0 Å². The van der Waals surface area contributed by atoms with Crippen molar-refractivity contribution in [3.05, 3.63) is 0 Å². The van der Waals surface area contributed by atoms with Gasteiger partial charge in [-0.3, -0.25) is 4.79 Å². The van der Waals surface area contributed by atoms with E-state index in [-0.39, 0.29) is 18.1 Å². The Kier molecular flexibility index (Phi) is 2.40. The summed E-state index contributed by atoms with van der Waals surface area (Å²) in [6.45, 7) is 1.63. The third-order valence-corrected chi connectivity index (χ3v) is 2.10. The first-order valence-electron chi connectivity index (χ1n) is 3.67. The van der Waals surface area contributed by atoms with Gasteiger partial charge in [-0.05, 0) is 19.8 Å². The molecule has 1 atom stereocenters. The number of halogens is 1. The highest BCUT2D eigenvalue weighted by atomic mass is 35.5. The molecule has 1 unspecified atom stereocenters. The van der Waals surface area contributed by atoms with Gasteiger partial charge in [-0.2, -0.15) is 0 Å². The quantitative estimate of drug-likeness (QED) is 0.608. The third-order valence-electron chi connectivity index (χ3n) is 1.91. The van der Waals surface area contributed by atoms with Gasteiger partial charge in [0.2, 0.25) is 5.91 Å². The first kappa shape index (κ1) is 8.81. The molecule has 1 amide bonds. The van der Waals surface area contributed by atoms with E-state index < -0.39 is 5.38 Å². The van der Waals surface area contributed by atoms with Gasteiger partial charge in [-0.15, -0.1) is 11.6 Å². The zero-order valence-corrected chi connectivity index (χ0v) is 7.19. The van der Waals surface area contributed by atoms with Crippen LogP contribution in [0, 0.1) is 0 Å². The standard InChI is InChI=1S/C7H12ClNO2/c1-5(8)6(11)9-7(4-10)2-3-7/h5,10H,2-4H2,1H3,(H,9,11). The number of hydrogen-bond donors (Lipinski definition) is 2. The summed E-state index contributed by atoms with van der Waals surface area (Å²) < 4.78 is 0. The Hall–Kier alpha value is -0.280. The van der Waals surface area contributed by atoms with Crippen LogP contribution in [0.25, 0.3) is 0 Å². The lowest BCUT2D eigenvalue weighted by Crippen LogP contribution is -2.42. The highest BCUT2D eigenvalue weighted by molar-refractivity contribution is 6.30. The molecule has 0 saturated heterocycles. The van der Waals surface area contributed by atoms with Crippen molar-refractivity contribution in [2.75, 3.05) is 6.61 Å². The number of hydrogen-bond acceptors (Lipinski definition) is 2. The predicted octanol–water partition coefficient (Wildman–Crippen LogP) is 0.255. The second-order valence-corrected chi connectivity index (χ2v) is 3.70. The monoisotopic (exact) mass is 177 g/mol. The maximum absolute atomic E-state index is 11.0. The average Bonchev–Trinajstić information content (AvgIpc) is 2.69. The fourth-order valence-corrected chi connectivity index (χ4v) is 0.889. The van der Waals surface area contributed by atoms with Crippen LogP contribution in [0.4, 0.5) is 0 Å².